The van der Waals surface area contributed by atoms with Gasteiger partial charge in [0, 0.05) is 36.7 Å². The zero-order valence-electron chi connectivity index (χ0n) is 17.2. The normalized spacial score (nSPS) is 13.0. The second-order valence-electron chi connectivity index (χ2n) is 6.73. The third-order valence-corrected chi connectivity index (χ3v) is 4.96. The van der Waals surface area contributed by atoms with Crippen LogP contribution in [-0.4, -0.2) is 50.5 Å². The predicted molar refractivity (Wildman–Crippen MR) is 109 cm³/mol. The van der Waals surface area contributed by atoms with Crippen molar-refractivity contribution in [1.29, 1.82) is 0 Å². The summed E-state index contributed by atoms with van der Waals surface area (Å²) in [6.07, 6.45) is 0.168. The zero-order chi connectivity index (χ0) is 21.7. The number of rotatable bonds is 8. The molecule has 158 valence electrons. The Morgan fingerprint density at radius 1 is 1.00 bits per heavy atom. The molecule has 3 rings (SSSR count). The highest BCUT2D eigenvalue weighted by molar-refractivity contribution is 6.09. The summed E-state index contributed by atoms with van der Waals surface area (Å²) in [6.45, 7) is 0.230. The molecule has 0 aromatic heterocycles. The van der Waals surface area contributed by atoms with Crippen molar-refractivity contribution >= 4 is 17.7 Å². The Kier molecular flexibility index (Phi) is 6.56. The van der Waals surface area contributed by atoms with Crippen LogP contribution in [0.3, 0.4) is 0 Å². The van der Waals surface area contributed by atoms with Gasteiger partial charge in [0.25, 0.3) is 5.91 Å². The number of fused-ring (bicyclic) bond motifs is 1. The molecule has 0 aliphatic carbocycles. The van der Waals surface area contributed by atoms with E-state index >= 15 is 0 Å². The lowest BCUT2D eigenvalue weighted by atomic mass is 9.98. The van der Waals surface area contributed by atoms with Gasteiger partial charge >= 0.3 is 0 Å². The number of hydrogen-bond donors (Lipinski definition) is 1. The number of nitrogens with zero attached hydrogens (tertiary/aromatic N) is 1. The smallest absolute Gasteiger partial charge is 0.260 e. The fraction of sp³-hybridized carbons (Fsp3) is 0.318. The Morgan fingerprint density at radius 3 is 2.37 bits per heavy atom. The Morgan fingerprint density at radius 2 is 1.67 bits per heavy atom. The van der Waals surface area contributed by atoms with Gasteiger partial charge in [-0.3, -0.25) is 19.3 Å². The monoisotopic (exact) mass is 412 g/mol. The molecule has 8 heteroatoms. The van der Waals surface area contributed by atoms with Crippen LogP contribution >= 0.6 is 0 Å². The molecule has 0 spiro atoms. The van der Waals surface area contributed by atoms with E-state index in [0.29, 0.717) is 33.9 Å². The second-order valence-corrected chi connectivity index (χ2v) is 6.73. The van der Waals surface area contributed by atoms with Gasteiger partial charge in [-0.1, -0.05) is 18.2 Å². The summed E-state index contributed by atoms with van der Waals surface area (Å²) in [7, 11) is 4.58. The van der Waals surface area contributed by atoms with Gasteiger partial charge in [0.2, 0.25) is 11.8 Å². The largest absolute Gasteiger partial charge is 0.496 e. The molecule has 0 atom stereocenters. The number of carbonyl (C=O) groups is 3. The molecule has 0 unspecified atom stereocenters. The van der Waals surface area contributed by atoms with Crippen molar-refractivity contribution in [3.05, 3.63) is 53.1 Å². The Balaban J connectivity index is 1.61. The first-order valence-electron chi connectivity index (χ1n) is 9.46. The van der Waals surface area contributed by atoms with Crippen LogP contribution in [0.15, 0.2) is 36.4 Å². The maximum Gasteiger partial charge on any atom is 0.260 e. The van der Waals surface area contributed by atoms with Crippen LogP contribution in [0.4, 0.5) is 0 Å². The maximum absolute atomic E-state index is 12.6. The predicted octanol–water partition coefficient (Wildman–Crippen LogP) is 1.94. The topological polar surface area (TPSA) is 94.2 Å². The first-order valence-corrected chi connectivity index (χ1v) is 9.46. The van der Waals surface area contributed by atoms with E-state index < -0.39 is 0 Å². The minimum Gasteiger partial charge on any atom is -0.496 e. The van der Waals surface area contributed by atoms with E-state index in [2.05, 4.69) is 5.32 Å². The van der Waals surface area contributed by atoms with Gasteiger partial charge in [-0.2, -0.15) is 0 Å². The van der Waals surface area contributed by atoms with Gasteiger partial charge in [0.05, 0.1) is 27.8 Å². The van der Waals surface area contributed by atoms with E-state index in [1.165, 1.54) is 21.3 Å². The fourth-order valence-corrected chi connectivity index (χ4v) is 3.35. The molecule has 0 fully saturated rings. The number of benzene rings is 2. The highest BCUT2D eigenvalue weighted by atomic mass is 16.5. The summed E-state index contributed by atoms with van der Waals surface area (Å²) >= 11 is 0. The first-order chi connectivity index (χ1) is 14.5. The van der Waals surface area contributed by atoms with E-state index in [1.54, 1.807) is 36.4 Å². The van der Waals surface area contributed by atoms with Crippen molar-refractivity contribution in [1.82, 2.24) is 10.2 Å². The van der Waals surface area contributed by atoms with Gasteiger partial charge in [0.1, 0.15) is 5.75 Å². The number of methoxy groups -OCH3 is 3. The number of hydrogen-bond acceptors (Lipinski definition) is 6. The van der Waals surface area contributed by atoms with Crippen molar-refractivity contribution < 1.29 is 28.6 Å². The summed E-state index contributed by atoms with van der Waals surface area (Å²) in [5, 5.41) is 2.79. The SMILES string of the molecule is COc1cc(OC)c(OC)cc1CNC(=O)CCN1C(=O)Cc2ccccc2C1=O. The Bertz CT molecular complexity index is 972. The lowest BCUT2D eigenvalue weighted by molar-refractivity contribution is -0.129. The van der Waals surface area contributed by atoms with Gasteiger partial charge < -0.3 is 19.5 Å². The molecule has 30 heavy (non-hydrogen) atoms. The van der Waals surface area contributed by atoms with Crippen LogP contribution in [0.2, 0.25) is 0 Å². The molecule has 0 saturated heterocycles. The molecular weight excluding hydrogens is 388 g/mol. The molecule has 1 aliphatic heterocycles. The average Bonchev–Trinajstić information content (AvgIpc) is 2.76. The highest BCUT2D eigenvalue weighted by Crippen LogP contribution is 2.34. The quantitative estimate of drug-likeness (QED) is 0.666. The third kappa shape index (κ3) is 4.37. The number of ether oxygens (including phenoxy) is 3. The van der Waals surface area contributed by atoms with Crippen LogP contribution in [-0.2, 0) is 22.6 Å². The van der Waals surface area contributed by atoms with Crippen LogP contribution in [0.1, 0.15) is 27.9 Å². The van der Waals surface area contributed by atoms with Crippen LogP contribution in [0.25, 0.3) is 0 Å². The van der Waals surface area contributed by atoms with E-state index in [-0.39, 0.29) is 43.7 Å². The highest BCUT2D eigenvalue weighted by Gasteiger charge is 2.30. The summed E-state index contributed by atoms with van der Waals surface area (Å²) < 4.78 is 15.9. The van der Waals surface area contributed by atoms with Crippen LogP contribution in [0.5, 0.6) is 17.2 Å². The Labute approximate surface area is 174 Å². The van der Waals surface area contributed by atoms with Gasteiger partial charge in [-0.05, 0) is 17.7 Å². The number of nitrogens with one attached hydrogen (secondary N) is 1. The van der Waals surface area contributed by atoms with E-state index in [9.17, 15) is 14.4 Å². The molecule has 2 aromatic carbocycles. The van der Waals surface area contributed by atoms with Gasteiger partial charge in [-0.15, -0.1) is 0 Å². The van der Waals surface area contributed by atoms with Crippen molar-refractivity contribution in [3.63, 3.8) is 0 Å². The number of amides is 3. The molecular formula is C22H24N2O6. The Hall–Kier alpha value is -3.55. The minimum atomic E-state index is -0.365. The van der Waals surface area contributed by atoms with Crippen molar-refractivity contribution in [2.45, 2.75) is 19.4 Å². The molecule has 2 aromatic rings. The summed E-state index contributed by atoms with van der Waals surface area (Å²) in [6, 6.07) is 10.4. The molecule has 0 radical (unpaired) electrons. The summed E-state index contributed by atoms with van der Waals surface area (Å²) in [5.74, 6) is 0.638. The molecule has 0 bridgehead atoms. The second kappa shape index (κ2) is 9.30. The van der Waals surface area contributed by atoms with Gasteiger partial charge in [-0.25, -0.2) is 0 Å². The zero-order valence-corrected chi connectivity index (χ0v) is 17.2. The van der Waals surface area contributed by atoms with E-state index in [4.69, 9.17) is 14.2 Å². The number of carbonyl (C=O) groups excluding carboxylic acids is 3. The van der Waals surface area contributed by atoms with E-state index in [1.807, 2.05) is 0 Å². The summed E-state index contributed by atoms with van der Waals surface area (Å²) in [5.41, 5.74) is 1.93. The fourth-order valence-electron chi connectivity index (χ4n) is 3.35. The van der Waals surface area contributed by atoms with Crippen molar-refractivity contribution in [3.8, 4) is 17.2 Å². The lowest BCUT2D eigenvalue weighted by Crippen LogP contribution is -2.44. The molecule has 1 N–H and O–H groups in total. The maximum atomic E-state index is 12.6. The van der Waals surface area contributed by atoms with E-state index in [0.717, 1.165) is 4.90 Å². The molecule has 0 saturated carbocycles. The van der Waals surface area contributed by atoms with Crippen LogP contribution < -0.4 is 19.5 Å². The van der Waals surface area contributed by atoms with Gasteiger partial charge in [0.15, 0.2) is 11.5 Å². The summed E-state index contributed by atoms with van der Waals surface area (Å²) in [4.78, 5) is 38.3. The molecule has 1 aliphatic rings. The molecule has 8 nitrogen and oxygen atoms in total. The molecule has 1 heterocycles. The first kappa shape index (κ1) is 21.2. The standard InChI is InChI=1S/C22H24N2O6/c1-28-17-12-19(30-3)18(29-2)10-15(17)13-23-20(25)8-9-24-21(26)11-14-6-4-5-7-16(14)22(24)27/h4-7,10,12H,8-9,11,13H2,1-3H3,(H,23,25). The average molecular weight is 412 g/mol. The van der Waals surface area contributed by atoms with Crippen LogP contribution in [0, 0.1) is 0 Å². The van der Waals surface area contributed by atoms with Crippen molar-refractivity contribution in [2.75, 3.05) is 27.9 Å². The minimum absolute atomic E-state index is 0.00918. The molecule has 3 amide bonds. The number of imide groups is 1. The lowest BCUT2D eigenvalue weighted by Gasteiger charge is -2.26. The van der Waals surface area contributed by atoms with Crippen molar-refractivity contribution in [2.24, 2.45) is 0 Å². The third-order valence-electron chi connectivity index (χ3n) is 4.96.